The molecule has 2 unspecified atom stereocenters. The number of hydrogen-bond acceptors (Lipinski definition) is 3. The van der Waals surface area contributed by atoms with Crippen LogP contribution in [0.4, 0.5) is 4.39 Å². The molecule has 1 aliphatic heterocycles. The predicted octanol–water partition coefficient (Wildman–Crippen LogP) is 1.71. The lowest BCUT2D eigenvalue weighted by molar-refractivity contribution is -0.137. The van der Waals surface area contributed by atoms with Crippen LogP contribution in [0.1, 0.15) is 36.9 Å². The Hall–Kier alpha value is -1.93. The van der Waals surface area contributed by atoms with Crippen molar-refractivity contribution in [3.05, 3.63) is 35.1 Å². The van der Waals surface area contributed by atoms with Crippen molar-refractivity contribution < 1.29 is 9.18 Å². The molecule has 0 bridgehead atoms. The van der Waals surface area contributed by atoms with Gasteiger partial charge in [-0.2, -0.15) is 5.26 Å². The number of carbonyl (C=O) groups is 1. The Morgan fingerprint density at radius 2 is 2.32 bits per heavy atom. The Balaban J connectivity index is 2.42. The van der Waals surface area contributed by atoms with Crippen LogP contribution >= 0.6 is 0 Å². The summed E-state index contributed by atoms with van der Waals surface area (Å²) < 4.78 is 13.4. The molecular formula is C14H16FN3O. The number of rotatable bonds is 2. The molecule has 1 aliphatic rings. The lowest BCUT2D eigenvalue weighted by Crippen LogP contribution is -2.48. The van der Waals surface area contributed by atoms with Crippen molar-refractivity contribution in [3.63, 3.8) is 0 Å². The second-order valence-electron chi connectivity index (χ2n) is 4.68. The molecule has 1 aromatic rings. The topological polar surface area (TPSA) is 70.1 Å². The van der Waals surface area contributed by atoms with E-state index in [0.717, 1.165) is 5.56 Å². The van der Waals surface area contributed by atoms with Crippen LogP contribution in [0.5, 0.6) is 0 Å². The number of likely N-dealkylation sites (tertiary alicyclic amines) is 1. The van der Waals surface area contributed by atoms with Crippen molar-refractivity contribution in [1.29, 1.82) is 5.26 Å². The van der Waals surface area contributed by atoms with E-state index in [9.17, 15) is 9.18 Å². The maximum atomic E-state index is 13.4. The fraction of sp³-hybridized carbons (Fsp3) is 0.429. The summed E-state index contributed by atoms with van der Waals surface area (Å²) in [4.78, 5) is 13.6. The lowest BCUT2D eigenvalue weighted by Gasteiger charge is -2.39. The summed E-state index contributed by atoms with van der Waals surface area (Å²) in [7, 11) is 0. The summed E-state index contributed by atoms with van der Waals surface area (Å²) in [6, 6.07) is 5.69. The summed E-state index contributed by atoms with van der Waals surface area (Å²) >= 11 is 0. The first kappa shape index (κ1) is 13.5. The molecule has 0 saturated carbocycles. The quantitative estimate of drug-likeness (QED) is 0.881. The molecule has 4 nitrogen and oxygen atoms in total. The van der Waals surface area contributed by atoms with Crippen LogP contribution in [0.25, 0.3) is 0 Å². The van der Waals surface area contributed by atoms with E-state index in [1.165, 1.54) is 12.1 Å². The van der Waals surface area contributed by atoms with Crippen LogP contribution in [-0.2, 0) is 4.79 Å². The van der Waals surface area contributed by atoms with Gasteiger partial charge in [0.25, 0.3) is 0 Å². The van der Waals surface area contributed by atoms with Gasteiger partial charge in [-0.25, -0.2) is 4.39 Å². The molecule has 0 spiro atoms. The number of amides is 1. The fourth-order valence-electron chi connectivity index (χ4n) is 2.59. The summed E-state index contributed by atoms with van der Waals surface area (Å²) in [5, 5.41) is 8.88. The highest BCUT2D eigenvalue weighted by Crippen LogP contribution is 2.31. The number of nitrogens with two attached hydrogens (primary N) is 1. The maximum Gasteiger partial charge on any atom is 0.223 e. The van der Waals surface area contributed by atoms with Crippen molar-refractivity contribution >= 4 is 5.91 Å². The zero-order valence-electron chi connectivity index (χ0n) is 10.8. The Morgan fingerprint density at radius 3 is 2.95 bits per heavy atom. The molecule has 0 aromatic heterocycles. The van der Waals surface area contributed by atoms with Gasteiger partial charge in [0.15, 0.2) is 0 Å². The van der Waals surface area contributed by atoms with E-state index in [1.807, 2.05) is 13.0 Å². The van der Waals surface area contributed by atoms with Gasteiger partial charge in [0.2, 0.25) is 5.91 Å². The standard InChI is InChI=1S/C14H16FN3O/c1-2-18-13(19)6-5-12(17)14(18)9-3-4-11(15)10(7-9)8-16/h3-4,7,12,14H,2,5-6,17H2,1H3. The first-order chi connectivity index (χ1) is 9.08. The van der Waals surface area contributed by atoms with Crippen LogP contribution in [0.3, 0.4) is 0 Å². The van der Waals surface area contributed by atoms with Crippen LogP contribution in [0, 0.1) is 17.1 Å². The van der Waals surface area contributed by atoms with Crippen LogP contribution in [0.15, 0.2) is 18.2 Å². The SMILES string of the molecule is CCN1C(=O)CCC(N)C1c1ccc(F)c(C#N)c1. The number of hydrogen-bond donors (Lipinski definition) is 1. The van der Waals surface area contributed by atoms with E-state index in [-0.39, 0.29) is 23.6 Å². The molecule has 2 N–H and O–H groups in total. The molecular weight excluding hydrogens is 245 g/mol. The predicted molar refractivity (Wildman–Crippen MR) is 68.5 cm³/mol. The van der Waals surface area contributed by atoms with Crippen LogP contribution < -0.4 is 5.73 Å². The molecule has 1 amide bonds. The molecule has 2 rings (SSSR count). The van der Waals surface area contributed by atoms with Crippen molar-refractivity contribution in [3.8, 4) is 6.07 Å². The van der Waals surface area contributed by atoms with E-state index >= 15 is 0 Å². The summed E-state index contributed by atoms with van der Waals surface area (Å²) in [6.45, 7) is 2.44. The second-order valence-corrected chi connectivity index (χ2v) is 4.68. The lowest BCUT2D eigenvalue weighted by atomic mass is 9.90. The largest absolute Gasteiger partial charge is 0.334 e. The van der Waals surface area contributed by atoms with E-state index in [0.29, 0.717) is 19.4 Å². The molecule has 1 saturated heterocycles. The van der Waals surface area contributed by atoms with Gasteiger partial charge in [0.1, 0.15) is 11.9 Å². The molecule has 2 atom stereocenters. The highest BCUT2D eigenvalue weighted by molar-refractivity contribution is 5.78. The van der Waals surface area contributed by atoms with Crippen molar-refractivity contribution in [2.75, 3.05) is 6.54 Å². The molecule has 0 aliphatic carbocycles. The van der Waals surface area contributed by atoms with E-state index in [1.54, 1.807) is 11.0 Å². The fourth-order valence-corrected chi connectivity index (χ4v) is 2.59. The van der Waals surface area contributed by atoms with Gasteiger partial charge in [-0.3, -0.25) is 4.79 Å². The van der Waals surface area contributed by atoms with Crippen molar-refractivity contribution in [2.24, 2.45) is 5.73 Å². The zero-order valence-corrected chi connectivity index (χ0v) is 10.8. The minimum absolute atomic E-state index is 0.0150. The Bertz CT molecular complexity index is 538. The Labute approximate surface area is 111 Å². The van der Waals surface area contributed by atoms with Crippen LogP contribution in [0.2, 0.25) is 0 Å². The molecule has 1 heterocycles. The number of nitrogens with zero attached hydrogens (tertiary/aromatic N) is 2. The Morgan fingerprint density at radius 1 is 1.58 bits per heavy atom. The Kier molecular flexibility index (Phi) is 3.82. The smallest absolute Gasteiger partial charge is 0.223 e. The van der Waals surface area contributed by atoms with Gasteiger partial charge in [0.05, 0.1) is 11.6 Å². The molecule has 19 heavy (non-hydrogen) atoms. The molecule has 0 radical (unpaired) electrons. The minimum atomic E-state index is -0.551. The second kappa shape index (κ2) is 5.37. The summed E-state index contributed by atoms with van der Waals surface area (Å²) in [6.07, 6.45) is 1.05. The molecule has 100 valence electrons. The highest BCUT2D eigenvalue weighted by atomic mass is 19.1. The first-order valence-corrected chi connectivity index (χ1v) is 6.33. The van der Waals surface area contributed by atoms with Gasteiger partial charge >= 0.3 is 0 Å². The first-order valence-electron chi connectivity index (χ1n) is 6.33. The highest BCUT2D eigenvalue weighted by Gasteiger charge is 2.34. The number of halogens is 1. The van der Waals surface area contributed by atoms with E-state index in [2.05, 4.69) is 0 Å². The van der Waals surface area contributed by atoms with Crippen molar-refractivity contribution in [1.82, 2.24) is 4.90 Å². The van der Waals surface area contributed by atoms with Gasteiger partial charge < -0.3 is 10.6 Å². The molecule has 5 heteroatoms. The van der Waals surface area contributed by atoms with Gasteiger partial charge in [0, 0.05) is 19.0 Å². The maximum absolute atomic E-state index is 13.4. The molecule has 1 aromatic carbocycles. The van der Waals surface area contributed by atoms with E-state index < -0.39 is 5.82 Å². The number of nitriles is 1. The van der Waals surface area contributed by atoms with Gasteiger partial charge in [-0.15, -0.1) is 0 Å². The van der Waals surface area contributed by atoms with E-state index in [4.69, 9.17) is 11.0 Å². The van der Waals surface area contributed by atoms with Gasteiger partial charge in [-0.1, -0.05) is 6.07 Å². The number of piperidine rings is 1. The third-order valence-corrected chi connectivity index (χ3v) is 3.55. The minimum Gasteiger partial charge on any atom is -0.334 e. The average molecular weight is 261 g/mol. The van der Waals surface area contributed by atoms with Crippen molar-refractivity contribution in [2.45, 2.75) is 31.8 Å². The number of benzene rings is 1. The number of likely N-dealkylation sites (N-methyl/N-ethyl adjacent to an activating group) is 1. The summed E-state index contributed by atoms with van der Waals surface area (Å²) in [5.74, 6) is -0.498. The van der Waals surface area contributed by atoms with Gasteiger partial charge in [-0.05, 0) is 31.0 Å². The molecule has 1 fully saturated rings. The summed E-state index contributed by atoms with van der Waals surface area (Å²) in [5.41, 5.74) is 6.81. The number of carbonyl (C=O) groups excluding carboxylic acids is 1. The normalized spacial score (nSPS) is 23.3. The average Bonchev–Trinajstić information content (AvgIpc) is 2.42. The third-order valence-electron chi connectivity index (χ3n) is 3.55. The third kappa shape index (κ3) is 2.45. The van der Waals surface area contributed by atoms with Crippen LogP contribution in [-0.4, -0.2) is 23.4 Å². The zero-order chi connectivity index (χ0) is 14.0. The monoisotopic (exact) mass is 261 g/mol.